The fourth-order valence-corrected chi connectivity index (χ4v) is 9.02. The lowest BCUT2D eigenvalue weighted by molar-refractivity contribution is -0.140. The molecule has 1 fully saturated rings. The van der Waals surface area contributed by atoms with Crippen LogP contribution in [-0.2, 0) is 30.4 Å². The monoisotopic (exact) mass is 937 g/mol. The molecule has 2 aromatic carbocycles. The number of allylic oxidation sites excluding steroid dienone is 2. The first-order valence-electron chi connectivity index (χ1n) is 22.3. The first-order chi connectivity index (χ1) is 31.8. The number of methoxy groups -OCH3 is 1. The number of hydrogen-bond acceptors (Lipinski definition) is 14. The number of Topliss-reactive ketones (excluding diaryl/α,β-unsaturated/α-hetero) is 1. The molecular formula is C48H59N9O7S2. The molecule has 0 saturated carbocycles. The Morgan fingerprint density at radius 1 is 0.894 bits per heavy atom. The summed E-state index contributed by atoms with van der Waals surface area (Å²) in [5, 5.41) is 20.5. The van der Waals surface area contributed by atoms with Crippen molar-refractivity contribution in [1.82, 2.24) is 25.2 Å². The van der Waals surface area contributed by atoms with E-state index >= 15 is 0 Å². The van der Waals surface area contributed by atoms with Crippen molar-refractivity contribution < 1.29 is 33.4 Å². The molecule has 4 amide bonds. The summed E-state index contributed by atoms with van der Waals surface area (Å²) in [6.07, 6.45) is 6.91. The number of nitrogens with one attached hydrogen (secondary N) is 5. The summed E-state index contributed by atoms with van der Waals surface area (Å²) in [5.74, 6) is -2.21. The van der Waals surface area contributed by atoms with Gasteiger partial charge in [-0.15, -0.1) is 22.7 Å². The normalized spacial score (nSPS) is 15.3. The highest BCUT2D eigenvalue weighted by Gasteiger charge is 2.44. The number of aryl methyl sites for hydroxylation is 1. The molecule has 0 radical (unpaired) electrons. The number of likely N-dealkylation sites (tertiary alicyclic amines) is 1. The number of aromatic nitrogens is 3. The van der Waals surface area contributed by atoms with Crippen LogP contribution >= 0.6 is 22.7 Å². The van der Waals surface area contributed by atoms with Crippen LogP contribution in [0.5, 0.6) is 11.5 Å². The molecule has 0 aliphatic carbocycles. The third kappa shape index (κ3) is 12.9. The van der Waals surface area contributed by atoms with Crippen molar-refractivity contribution in [2.24, 2.45) is 5.92 Å². The number of carbonyl (C=O) groups excluding carboxylic acids is 5. The summed E-state index contributed by atoms with van der Waals surface area (Å²) in [4.78, 5) is 83.8. The van der Waals surface area contributed by atoms with Crippen molar-refractivity contribution in [1.29, 1.82) is 0 Å². The molecule has 66 heavy (non-hydrogen) atoms. The van der Waals surface area contributed by atoms with Gasteiger partial charge in [0, 0.05) is 47.2 Å². The van der Waals surface area contributed by atoms with Crippen molar-refractivity contribution in [3.8, 4) is 22.9 Å². The van der Waals surface area contributed by atoms with Gasteiger partial charge in [-0.1, -0.05) is 45.1 Å². The summed E-state index contributed by atoms with van der Waals surface area (Å²) in [6, 6.07) is 12.2. The number of carbonyl (C=O) groups is 5. The lowest BCUT2D eigenvalue weighted by Gasteiger charge is -2.30. The first kappa shape index (κ1) is 49.0. The predicted molar refractivity (Wildman–Crippen MR) is 261 cm³/mol. The number of fused-ring (bicyclic) bond motifs is 1. The van der Waals surface area contributed by atoms with Crippen LogP contribution in [0.25, 0.3) is 22.3 Å². The van der Waals surface area contributed by atoms with Crippen LogP contribution in [-0.4, -0.2) is 93.7 Å². The molecule has 1 aliphatic heterocycles. The number of hydrogen-bond donors (Lipinski definition) is 5. The zero-order valence-electron chi connectivity index (χ0n) is 38.4. The molecule has 1 saturated heterocycles. The number of ketones is 1. The Hall–Kier alpha value is -6.40. The third-order valence-electron chi connectivity index (χ3n) is 10.8. The van der Waals surface area contributed by atoms with Crippen LogP contribution in [0.1, 0.15) is 79.3 Å². The summed E-state index contributed by atoms with van der Waals surface area (Å²) in [5.41, 5.74) is 3.29. The standard InChI is InChI=1S/C48H59N9O7S2/c1-8-10-11-12-13-18-42(59)53-34-16-14-15-17-35(34)54-45(61)40(58)24-49-44(60)39-22-32(25-57(39)46(62)43(28(3)4)56-48-51-30(9-2)26-65-48)64-41-23-37(38-27-66-47(55-38)50-29(5)6)52-36-21-31(63-7)19-20-33(36)41/h8,10,14-17,19-21,23,26-29,32,39,43H,9,11-13,18,22,24-25H2,1-7H3,(H,49,60)(H,50,55)(H,51,56)(H,53,59)(H,54,61)/b10-8+/t32-,39-,43?/m0/s1. The van der Waals surface area contributed by atoms with Crippen LogP contribution in [0.15, 0.2) is 71.4 Å². The van der Waals surface area contributed by atoms with E-state index < -0.39 is 42.3 Å². The van der Waals surface area contributed by atoms with E-state index in [1.165, 1.54) is 27.6 Å². The minimum atomic E-state index is -1.06. The van der Waals surface area contributed by atoms with Gasteiger partial charge < -0.3 is 41.0 Å². The average molecular weight is 938 g/mol. The molecule has 0 spiro atoms. The number of benzene rings is 2. The van der Waals surface area contributed by atoms with E-state index in [9.17, 15) is 24.0 Å². The summed E-state index contributed by atoms with van der Waals surface area (Å²) < 4.78 is 12.3. The van der Waals surface area contributed by atoms with Crippen LogP contribution in [0.3, 0.4) is 0 Å². The van der Waals surface area contributed by atoms with Crippen molar-refractivity contribution in [3.05, 3.63) is 77.1 Å². The largest absolute Gasteiger partial charge is 0.497 e. The predicted octanol–water partition coefficient (Wildman–Crippen LogP) is 8.09. The van der Waals surface area contributed by atoms with Crippen LogP contribution < -0.4 is 36.1 Å². The maximum atomic E-state index is 14.6. The van der Waals surface area contributed by atoms with Crippen LogP contribution in [0, 0.1) is 5.92 Å². The molecule has 4 heterocycles. The van der Waals surface area contributed by atoms with E-state index in [2.05, 4.69) is 31.6 Å². The van der Waals surface area contributed by atoms with E-state index in [0.29, 0.717) is 57.5 Å². The second-order valence-electron chi connectivity index (χ2n) is 16.6. The minimum Gasteiger partial charge on any atom is -0.497 e. The lowest BCUT2D eigenvalue weighted by atomic mass is 10.0. The molecule has 5 N–H and O–H groups in total. The SMILES string of the molecule is C/C=C/CCCCC(=O)Nc1ccccc1NC(=O)C(=O)CNC(=O)[C@@H]1C[C@H](Oc2cc(-c3csc(NC(C)C)n3)nc3cc(OC)ccc23)CN1C(=O)C(Nc1nc(CC)cs1)C(C)C. The number of pyridine rings is 1. The number of ether oxygens (including phenoxy) is 2. The fourth-order valence-electron chi connectivity index (χ4n) is 7.34. The summed E-state index contributed by atoms with van der Waals surface area (Å²) in [7, 11) is 1.58. The van der Waals surface area contributed by atoms with Crippen LogP contribution in [0.4, 0.5) is 21.6 Å². The fraction of sp³-hybridized carbons (Fsp3) is 0.417. The van der Waals surface area contributed by atoms with Gasteiger partial charge in [-0.25, -0.2) is 15.0 Å². The molecule has 1 unspecified atom stereocenters. The Balaban J connectivity index is 1.21. The van der Waals surface area contributed by atoms with Crippen molar-refractivity contribution in [2.45, 2.75) is 104 Å². The second kappa shape index (κ2) is 23.2. The van der Waals surface area contributed by atoms with Crippen molar-refractivity contribution in [3.63, 3.8) is 0 Å². The number of rotatable bonds is 22. The number of thiazole rings is 2. The average Bonchev–Trinajstić information content (AvgIpc) is 4.07. The van der Waals surface area contributed by atoms with E-state index in [4.69, 9.17) is 19.4 Å². The van der Waals surface area contributed by atoms with Gasteiger partial charge in [0.25, 0.3) is 5.91 Å². The van der Waals surface area contributed by atoms with Gasteiger partial charge >= 0.3 is 0 Å². The summed E-state index contributed by atoms with van der Waals surface area (Å²) in [6.45, 7) is 11.3. The molecule has 1 aliphatic rings. The quantitative estimate of drug-likeness (QED) is 0.0254. The number of para-hydroxylation sites is 2. The highest BCUT2D eigenvalue weighted by molar-refractivity contribution is 7.14. The Labute approximate surface area is 393 Å². The first-order valence-corrected chi connectivity index (χ1v) is 24.0. The van der Waals surface area contributed by atoms with Gasteiger partial charge in [0.05, 0.1) is 48.5 Å². The van der Waals surface area contributed by atoms with E-state index in [0.717, 1.165) is 30.1 Å². The van der Waals surface area contributed by atoms with Gasteiger partial charge in [-0.3, -0.25) is 24.0 Å². The smallest absolute Gasteiger partial charge is 0.293 e. The van der Waals surface area contributed by atoms with Gasteiger partial charge in [0.15, 0.2) is 10.3 Å². The van der Waals surface area contributed by atoms with Gasteiger partial charge in [-0.2, -0.15) is 0 Å². The van der Waals surface area contributed by atoms with Crippen molar-refractivity contribution >= 4 is 84.6 Å². The molecule has 6 rings (SSSR count). The molecule has 3 aromatic heterocycles. The number of anilines is 4. The maximum absolute atomic E-state index is 14.6. The van der Waals surface area contributed by atoms with E-state index in [-0.39, 0.29) is 42.4 Å². The third-order valence-corrected chi connectivity index (χ3v) is 12.4. The zero-order chi connectivity index (χ0) is 47.3. The maximum Gasteiger partial charge on any atom is 0.293 e. The summed E-state index contributed by atoms with van der Waals surface area (Å²) >= 11 is 2.86. The Bertz CT molecular complexity index is 2540. The van der Waals surface area contributed by atoms with E-state index in [1.807, 2.05) is 88.7 Å². The molecule has 16 nitrogen and oxygen atoms in total. The Morgan fingerprint density at radius 3 is 2.33 bits per heavy atom. The Kier molecular flexibility index (Phi) is 17.2. The molecule has 0 bridgehead atoms. The number of unbranched alkanes of at least 4 members (excludes halogenated alkanes) is 2. The molecular weight excluding hydrogens is 879 g/mol. The van der Waals surface area contributed by atoms with E-state index in [1.54, 1.807) is 31.4 Å². The molecule has 350 valence electrons. The highest BCUT2D eigenvalue weighted by Crippen LogP contribution is 2.36. The topological polar surface area (TPSA) is 206 Å². The van der Waals surface area contributed by atoms with Crippen LogP contribution in [0.2, 0.25) is 0 Å². The molecule has 18 heteroatoms. The van der Waals surface area contributed by atoms with Gasteiger partial charge in [-0.05, 0) is 76.6 Å². The van der Waals surface area contributed by atoms with Gasteiger partial charge in [0.2, 0.25) is 23.5 Å². The second-order valence-corrected chi connectivity index (χ2v) is 18.3. The number of nitrogens with zero attached hydrogens (tertiary/aromatic N) is 4. The number of amides is 4. The zero-order valence-corrected chi connectivity index (χ0v) is 40.1. The van der Waals surface area contributed by atoms with Gasteiger partial charge in [0.1, 0.15) is 35.4 Å². The minimum absolute atomic E-state index is 0.0427. The lowest BCUT2D eigenvalue weighted by Crippen LogP contribution is -2.53. The van der Waals surface area contributed by atoms with Crippen molar-refractivity contribution in [2.75, 3.05) is 41.5 Å². The highest BCUT2D eigenvalue weighted by atomic mass is 32.1. The molecule has 3 atom stereocenters. The molecule has 5 aromatic rings. The Morgan fingerprint density at radius 2 is 1.64 bits per heavy atom.